The third kappa shape index (κ3) is 3.12. The number of benzene rings is 2. The van der Waals surface area contributed by atoms with Gasteiger partial charge in [0.2, 0.25) is 0 Å². The van der Waals surface area contributed by atoms with Gasteiger partial charge in [-0.25, -0.2) is 0 Å². The maximum atomic E-state index is 12.1. The molecule has 3 rings (SSSR count). The second-order valence-corrected chi connectivity index (χ2v) is 4.93. The number of amides is 1. The Labute approximate surface area is 126 Å². The molecule has 2 aromatic carbocycles. The molecule has 0 atom stereocenters. The molecular formula is C16H12ClN3O. The molecule has 1 heterocycles. The van der Waals surface area contributed by atoms with Crippen molar-refractivity contribution in [1.82, 2.24) is 10.2 Å². The van der Waals surface area contributed by atoms with Gasteiger partial charge in [-0.05, 0) is 30.3 Å². The van der Waals surface area contributed by atoms with Crippen LogP contribution in [0.2, 0.25) is 5.02 Å². The Morgan fingerprint density at radius 1 is 1.05 bits per heavy atom. The third-order valence-corrected chi connectivity index (χ3v) is 3.21. The number of hydrogen-bond donors (Lipinski definition) is 2. The zero-order chi connectivity index (χ0) is 14.7. The van der Waals surface area contributed by atoms with Gasteiger partial charge in [0.15, 0.2) is 0 Å². The molecule has 0 saturated heterocycles. The largest absolute Gasteiger partial charge is 0.321 e. The Morgan fingerprint density at radius 2 is 1.86 bits per heavy atom. The van der Waals surface area contributed by atoms with Crippen LogP contribution in [0.15, 0.2) is 60.7 Å². The Bertz CT molecular complexity index is 768. The van der Waals surface area contributed by atoms with Gasteiger partial charge in [-0.3, -0.25) is 9.89 Å². The van der Waals surface area contributed by atoms with E-state index in [0.29, 0.717) is 16.4 Å². The summed E-state index contributed by atoms with van der Waals surface area (Å²) in [7, 11) is 0. The summed E-state index contributed by atoms with van der Waals surface area (Å²) in [6.45, 7) is 0. The minimum Gasteiger partial charge on any atom is -0.321 e. The standard InChI is InChI=1S/C16H12ClN3O/c17-12-6-4-5-11(9-12)14-10-15(20-19-14)16(21)18-13-7-2-1-3-8-13/h1-10H,(H,18,21)(H,19,20). The number of carbonyl (C=O) groups excluding carboxylic acids is 1. The molecule has 2 N–H and O–H groups in total. The molecule has 0 radical (unpaired) electrons. The van der Waals surface area contributed by atoms with E-state index in [2.05, 4.69) is 15.5 Å². The molecule has 0 aliphatic heterocycles. The molecule has 0 unspecified atom stereocenters. The van der Waals surface area contributed by atoms with Gasteiger partial charge in [0.25, 0.3) is 5.91 Å². The van der Waals surface area contributed by atoms with Gasteiger partial charge in [-0.2, -0.15) is 5.10 Å². The summed E-state index contributed by atoms with van der Waals surface area (Å²) in [5.41, 5.74) is 2.67. The third-order valence-electron chi connectivity index (χ3n) is 2.97. The lowest BCUT2D eigenvalue weighted by Gasteiger charge is -2.01. The fraction of sp³-hybridized carbons (Fsp3) is 0. The van der Waals surface area contributed by atoms with Crippen LogP contribution in [0.5, 0.6) is 0 Å². The van der Waals surface area contributed by atoms with Crippen LogP contribution in [0, 0.1) is 0 Å². The Balaban J connectivity index is 1.80. The zero-order valence-corrected chi connectivity index (χ0v) is 11.8. The van der Waals surface area contributed by atoms with E-state index in [1.807, 2.05) is 42.5 Å². The van der Waals surface area contributed by atoms with Gasteiger partial charge < -0.3 is 5.32 Å². The summed E-state index contributed by atoms with van der Waals surface area (Å²) in [6, 6.07) is 18.3. The van der Waals surface area contributed by atoms with Crippen LogP contribution in [0.25, 0.3) is 11.3 Å². The number of hydrogen-bond acceptors (Lipinski definition) is 2. The lowest BCUT2D eigenvalue weighted by atomic mass is 10.1. The number of H-pyrrole nitrogens is 1. The first-order valence-electron chi connectivity index (χ1n) is 6.40. The predicted molar refractivity (Wildman–Crippen MR) is 83.4 cm³/mol. The molecule has 0 aliphatic rings. The number of aromatic amines is 1. The average molecular weight is 298 g/mol. The van der Waals surface area contributed by atoms with E-state index >= 15 is 0 Å². The van der Waals surface area contributed by atoms with Crippen molar-refractivity contribution in [2.75, 3.05) is 5.32 Å². The van der Waals surface area contributed by atoms with Crippen LogP contribution < -0.4 is 5.32 Å². The molecule has 5 heteroatoms. The molecule has 104 valence electrons. The quantitative estimate of drug-likeness (QED) is 0.768. The van der Waals surface area contributed by atoms with Crippen LogP contribution in [0.1, 0.15) is 10.5 Å². The lowest BCUT2D eigenvalue weighted by Crippen LogP contribution is -2.12. The highest BCUT2D eigenvalue weighted by atomic mass is 35.5. The highest BCUT2D eigenvalue weighted by molar-refractivity contribution is 6.30. The van der Waals surface area contributed by atoms with Crippen molar-refractivity contribution in [1.29, 1.82) is 0 Å². The van der Waals surface area contributed by atoms with E-state index in [1.165, 1.54) is 0 Å². The van der Waals surface area contributed by atoms with Gasteiger partial charge in [0.05, 0.1) is 5.69 Å². The van der Waals surface area contributed by atoms with Gasteiger partial charge in [-0.15, -0.1) is 0 Å². The summed E-state index contributed by atoms with van der Waals surface area (Å²) in [5.74, 6) is -0.234. The van der Waals surface area contributed by atoms with Gasteiger partial charge in [0, 0.05) is 16.3 Å². The van der Waals surface area contributed by atoms with Crippen LogP contribution in [0.4, 0.5) is 5.69 Å². The van der Waals surface area contributed by atoms with E-state index in [0.717, 1.165) is 11.3 Å². The van der Waals surface area contributed by atoms with Crippen molar-refractivity contribution in [2.24, 2.45) is 0 Å². The van der Waals surface area contributed by atoms with E-state index < -0.39 is 0 Å². The average Bonchev–Trinajstić information content (AvgIpc) is 2.98. The second kappa shape index (κ2) is 5.81. The fourth-order valence-electron chi connectivity index (χ4n) is 1.95. The predicted octanol–water partition coefficient (Wildman–Crippen LogP) is 3.98. The highest BCUT2D eigenvalue weighted by Gasteiger charge is 2.11. The molecule has 21 heavy (non-hydrogen) atoms. The Kier molecular flexibility index (Phi) is 3.71. The van der Waals surface area contributed by atoms with Gasteiger partial charge in [-0.1, -0.05) is 41.9 Å². The molecule has 0 saturated carbocycles. The van der Waals surface area contributed by atoms with E-state index in [4.69, 9.17) is 11.6 Å². The Morgan fingerprint density at radius 3 is 2.62 bits per heavy atom. The molecule has 3 aromatic rings. The summed E-state index contributed by atoms with van der Waals surface area (Å²) in [4.78, 5) is 12.1. The smallest absolute Gasteiger partial charge is 0.273 e. The van der Waals surface area contributed by atoms with Crippen LogP contribution in [-0.2, 0) is 0 Å². The van der Waals surface area contributed by atoms with Crippen LogP contribution >= 0.6 is 11.6 Å². The fourth-order valence-corrected chi connectivity index (χ4v) is 2.14. The number of nitrogens with one attached hydrogen (secondary N) is 2. The van der Waals surface area contributed by atoms with Crippen LogP contribution in [-0.4, -0.2) is 16.1 Å². The van der Waals surface area contributed by atoms with Gasteiger partial charge >= 0.3 is 0 Å². The molecule has 0 fully saturated rings. The number of anilines is 1. The molecule has 0 bridgehead atoms. The van der Waals surface area contributed by atoms with Crippen LogP contribution in [0.3, 0.4) is 0 Å². The first kappa shape index (κ1) is 13.4. The molecule has 0 spiro atoms. The minimum atomic E-state index is -0.234. The summed E-state index contributed by atoms with van der Waals surface area (Å²) in [6.07, 6.45) is 0. The van der Waals surface area contributed by atoms with Crippen molar-refractivity contribution in [3.63, 3.8) is 0 Å². The molecule has 1 aromatic heterocycles. The lowest BCUT2D eigenvalue weighted by molar-refractivity contribution is 0.102. The van der Waals surface area contributed by atoms with Gasteiger partial charge in [0.1, 0.15) is 5.69 Å². The zero-order valence-electron chi connectivity index (χ0n) is 11.0. The SMILES string of the molecule is O=C(Nc1ccccc1)c1cc(-c2cccc(Cl)c2)n[nH]1. The number of carbonyl (C=O) groups is 1. The number of para-hydroxylation sites is 1. The van der Waals surface area contributed by atoms with Crippen molar-refractivity contribution < 1.29 is 4.79 Å². The summed E-state index contributed by atoms with van der Waals surface area (Å²) < 4.78 is 0. The second-order valence-electron chi connectivity index (χ2n) is 4.50. The number of nitrogens with zero attached hydrogens (tertiary/aromatic N) is 1. The van der Waals surface area contributed by atoms with Crippen molar-refractivity contribution in [3.05, 3.63) is 71.4 Å². The van der Waals surface area contributed by atoms with E-state index in [-0.39, 0.29) is 5.91 Å². The highest BCUT2D eigenvalue weighted by Crippen LogP contribution is 2.21. The minimum absolute atomic E-state index is 0.234. The molecular weight excluding hydrogens is 286 g/mol. The van der Waals surface area contributed by atoms with E-state index in [9.17, 15) is 4.79 Å². The Hall–Kier alpha value is -2.59. The number of halogens is 1. The molecule has 1 amide bonds. The monoisotopic (exact) mass is 297 g/mol. The summed E-state index contributed by atoms with van der Waals surface area (Å²) >= 11 is 5.95. The normalized spacial score (nSPS) is 10.3. The molecule has 4 nitrogen and oxygen atoms in total. The van der Waals surface area contributed by atoms with Crippen molar-refractivity contribution in [3.8, 4) is 11.3 Å². The van der Waals surface area contributed by atoms with Crippen molar-refractivity contribution >= 4 is 23.2 Å². The maximum absolute atomic E-state index is 12.1. The number of rotatable bonds is 3. The first-order chi connectivity index (χ1) is 10.2. The molecule has 0 aliphatic carbocycles. The van der Waals surface area contributed by atoms with E-state index in [1.54, 1.807) is 18.2 Å². The van der Waals surface area contributed by atoms with Crippen molar-refractivity contribution in [2.45, 2.75) is 0 Å². The summed E-state index contributed by atoms with van der Waals surface area (Å²) in [5, 5.41) is 10.3. The first-order valence-corrected chi connectivity index (χ1v) is 6.78. The number of aromatic nitrogens is 2. The topological polar surface area (TPSA) is 57.8 Å². The maximum Gasteiger partial charge on any atom is 0.273 e.